The second-order valence-electron chi connectivity index (χ2n) is 5.09. The fraction of sp³-hybridized carbons (Fsp3) is 0.429. The highest BCUT2D eigenvalue weighted by Gasteiger charge is 2.28. The third kappa shape index (κ3) is 3.70. The lowest BCUT2D eigenvalue weighted by atomic mass is 9.97. The van der Waals surface area contributed by atoms with Crippen molar-refractivity contribution in [2.45, 2.75) is 33.6 Å². The molecule has 17 heavy (non-hydrogen) atoms. The van der Waals surface area contributed by atoms with E-state index in [1.807, 2.05) is 30.3 Å². The Morgan fingerprint density at radius 2 is 1.65 bits per heavy atom. The second-order valence-corrected chi connectivity index (χ2v) is 5.09. The van der Waals surface area contributed by atoms with Crippen molar-refractivity contribution in [3.63, 3.8) is 0 Å². The van der Waals surface area contributed by atoms with Crippen LogP contribution in [-0.2, 0) is 14.3 Å². The van der Waals surface area contributed by atoms with Crippen molar-refractivity contribution in [1.82, 2.24) is 0 Å². The number of benzene rings is 1. The molecule has 0 amide bonds. The fourth-order valence-corrected chi connectivity index (χ4v) is 1.21. The van der Waals surface area contributed by atoms with Crippen LogP contribution in [0.25, 0.3) is 0 Å². The van der Waals surface area contributed by atoms with Crippen LogP contribution in [0.4, 0.5) is 0 Å². The maximum Gasteiger partial charge on any atom is 0.320 e. The summed E-state index contributed by atoms with van der Waals surface area (Å²) < 4.78 is 4.85. The van der Waals surface area contributed by atoms with Crippen LogP contribution < -0.4 is 0 Å². The largest absolute Gasteiger partial charge is 0.392 e. The van der Waals surface area contributed by atoms with Crippen molar-refractivity contribution >= 4 is 11.9 Å². The third-order valence-electron chi connectivity index (χ3n) is 2.46. The maximum absolute atomic E-state index is 11.8. The van der Waals surface area contributed by atoms with E-state index >= 15 is 0 Å². The molecule has 0 saturated carbocycles. The summed E-state index contributed by atoms with van der Waals surface area (Å²) in [6.07, 6.45) is 0. The summed E-state index contributed by atoms with van der Waals surface area (Å²) in [4.78, 5) is 23.3. The van der Waals surface area contributed by atoms with Gasteiger partial charge in [-0.3, -0.25) is 9.59 Å². The first-order valence-electron chi connectivity index (χ1n) is 5.63. The van der Waals surface area contributed by atoms with Crippen LogP contribution in [0.5, 0.6) is 0 Å². The lowest BCUT2D eigenvalue weighted by Crippen LogP contribution is -2.27. The minimum Gasteiger partial charge on any atom is -0.392 e. The molecule has 92 valence electrons. The van der Waals surface area contributed by atoms with Gasteiger partial charge in [0.25, 0.3) is 0 Å². The molecule has 0 heterocycles. The quantitative estimate of drug-likeness (QED) is 0.583. The van der Waals surface area contributed by atoms with E-state index in [1.54, 1.807) is 27.7 Å². The highest BCUT2D eigenvalue weighted by atomic mass is 16.6. The van der Waals surface area contributed by atoms with Crippen molar-refractivity contribution in [3.8, 4) is 0 Å². The van der Waals surface area contributed by atoms with Crippen LogP contribution in [0.1, 0.15) is 39.2 Å². The summed E-state index contributed by atoms with van der Waals surface area (Å²) in [5, 5.41) is 0. The van der Waals surface area contributed by atoms with Crippen molar-refractivity contribution in [3.05, 3.63) is 35.9 Å². The van der Waals surface area contributed by atoms with E-state index in [1.165, 1.54) is 0 Å². The van der Waals surface area contributed by atoms with E-state index in [0.29, 0.717) is 0 Å². The zero-order valence-corrected chi connectivity index (χ0v) is 10.7. The Kier molecular flexibility index (Phi) is 4.05. The van der Waals surface area contributed by atoms with Crippen molar-refractivity contribution < 1.29 is 14.3 Å². The maximum atomic E-state index is 11.8. The van der Waals surface area contributed by atoms with E-state index in [2.05, 4.69) is 0 Å². The number of esters is 2. The zero-order valence-electron chi connectivity index (χ0n) is 10.7. The van der Waals surface area contributed by atoms with E-state index in [4.69, 9.17) is 4.74 Å². The van der Waals surface area contributed by atoms with Gasteiger partial charge in [0.2, 0.25) is 0 Å². The molecule has 0 fully saturated rings. The van der Waals surface area contributed by atoms with Crippen LogP contribution in [0.2, 0.25) is 0 Å². The molecule has 1 aromatic rings. The summed E-state index contributed by atoms with van der Waals surface area (Å²) in [5.74, 6) is -1.43. The lowest BCUT2D eigenvalue weighted by molar-refractivity contribution is -0.166. The molecule has 1 aromatic carbocycles. The average molecular weight is 234 g/mol. The Balaban J connectivity index is 2.69. The van der Waals surface area contributed by atoms with E-state index in [9.17, 15) is 9.59 Å². The van der Waals surface area contributed by atoms with Crippen molar-refractivity contribution in [2.24, 2.45) is 5.41 Å². The monoisotopic (exact) mass is 234 g/mol. The number of rotatable bonds is 2. The molecule has 3 nitrogen and oxygen atoms in total. The molecule has 0 aromatic heterocycles. The summed E-state index contributed by atoms with van der Waals surface area (Å²) in [6, 6.07) is 9.26. The van der Waals surface area contributed by atoms with Gasteiger partial charge < -0.3 is 4.74 Å². The number of carbonyl (C=O) groups excluding carboxylic acids is 2. The smallest absolute Gasteiger partial charge is 0.320 e. The Hall–Kier alpha value is -1.64. The Morgan fingerprint density at radius 1 is 1.12 bits per heavy atom. The predicted molar refractivity (Wildman–Crippen MR) is 65.4 cm³/mol. The molecular formula is C14H18O3. The minimum atomic E-state index is -0.661. The zero-order chi connectivity index (χ0) is 13.1. The lowest BCUT2D eigenvalue weighted by Gasteiger charge is -2.17. The van der Waals surface area contributed by atoms with Gasteiger partial charge in [-0.25, -0.2) is 0 Å². The van der Waals surface area contributed by atoms with E-state index in [-0.39, 0.29) is 0 Å². The molecule has 1 rings (SSSR count). The molecule has 1 atom stereocenters. The molecule has 0 radical (unpaired) electrons. The molecular weight excluding hydrogens is 216 g/mol. The summed E-state index contributed by atoms with van der Waals surface area (Å²) >= 11 is 0. The molecule has 0 N–H and O–H groups in total. The van der Waals surface area contributed by atoms with Gasteiger partial charge in [0.05, 0.1) is 11.3 Å². The normalized spacial score (nSPS) is 12.9. The first kappa shape index (κ1) is 13.4. The van der Waals surface area contributed by atoms with Gasteiger partial charge in [0.1, 0.15) is 0 Å². The van der Waals surface area contributed by atoms with Gasteiger partial charge in [0, 0.05) is 0 Å². The van der Waals surface area contributed by atoms with Gasteiger partial charge in [-0.05, 0) is 33.3 Å². The second kappa shape index (κ2) is 5.13. The van der Waals surface area contributed by atoms with E-state index in [0.717, 1.165) is 5.56 Å². The highest BCUT2D eigenvalue weighted by Crippen LogP contribution is 2.20. The molecule has 0 spiro atoms. The van der Waals surface area contributed by atoms with Crippen LogP contribution in [0.15, 0.2) is 30.3 Å². The first-order valence-corrected chi connectivity index (χ1v) is 5.63. The Bertz CT molecular complexity index is 401. The van der Waals surface area contributed by atoms with Gasteiger partial charge in [-0.2, -0.15) is 0 Å². The molecule has 0 aliphatic rings. The van der Waals surface area contributed by atoms with Crippen LogP contribution in [0.3, 0.4) is 0 Å². The number of carbonyl (C=O) groups is 2. The Labute approximate surface area is 102 Å². The van der Waals surface area contributed by atoms with Gasteiger partial charge in [0.15, 0.2) is 0 Å². The summed E-state index contributed by atoms with van der Waals surface area (Å²) in [7, 11) is 0. The topological polar surface area (TPSA) is 43.4 Å². The van der Waals surface area contributed by atoms with Gasteiger partial charge in [-0.1, -0.05) is 30.3 Å². The molecule has 0 unspecified atom stereocenters. The van der Waals surface area contributed by atoms with Gasteiger partial charge >= 0.3 is 11.9 Å². The molecule has 3 heteroatoms. The van der Waals surface area contributed by atoms with Crippen LogP contribution in [-0.4, -0.2) is 11.9 Å². The minimum absolute atomic E-state index is 0.428. The molecule has 0 aliphatic carbocycles. The first-order chi connectivity index (χ1) is 7.82. The van der Waals surface area contributed by atoms with Crippen molar-refractivity contribution in [2.75, 3.05) is 0 Å². The Morgan fingerprint density at radius 3 is 2.12 bits per heavy atom. The SMILES string of the molecule is C[C@H](C(=O)OC(=O)C(C)(C)C)c1ccccc1. The number of hydrogen-bond donors (Lipinski definition) is 0. The van der Waals surface area contributed by atoms with Crippen LogP contribution >= 0.6 is 0 Å². The van der Waals surface area contributed by atoms with E-state index < -0.39 is 23.3 Å². The third-order valence-corrected chi connectivity index (χ3v) is 2.46. The average Bonchev–Trinajstić information content (AvgIpc) is 2.27. The summed E-state index contributed by atoms with van der Waals surface area (Å²) in [5.41, 5.74) is 0.186. The molecule has 0 bridgehead atoms. The molecule has 0 saturated heterocycles. The van der Waals surface area contributed by atoms with Crippen molar-refractivity contribution in [1.29, 1.82) is 0 Å². The van der Waals surface area contributed by atoms with Gasteiger partial charge in [-0.15, -0.1) is 0 Å². The molecule has 0 aliphatic heterocycles. The standard InChI is InChI=1S/C14H18O3/c1-10(11-8-6-5-7-9-11)12(15)17-13(16)14(2,3)4/h5-10H,1-4H3/t10-/m0/s1. The number of ether oxygens (including phenoxy) is 1. The summed E-state index contributed by atoms with van der Waals surface area (Å²) in [6.45, 7) is 6.88. The number of hydrogen-bond acceptors (Lipinski definition) is 3. The highest BCUT2D eigenvalue weighted by molar-refractivity contribution is 5.91. The predicted octanol–water partition coefficient (Wildman–Crippen LogP) is 2.91. The fourth-order valence-electron chi connectivity index (χ4n) is 1.21. The van der Waals surface area contributed by atoms with Crippen LogP contribution in [0, 0.1) is 5.41 Å².